The normalized spacial score (nSPS) is 13.0. The third-order valence-electron chi connectivity index (χ3n) is 5.74. The first-order valence-corrected chi connectivity index (χ1v) is 11.6. The predicted molar refractivity (Wildman–Crippen MR) is 130 cm³/mol. The van der Waals surface area contributed by atoms with E-state index in [2.05, 4.69) is 33.9 Å². The van der Waals surface area contributed by atoms with Crippen molar-refractivity contribution in [2.45, 2.75) is 52.6 Å². The molecule has 2 aromatic heterocycles. The van der Waals surface area contributed by atoms with Gasteiger partial charge in [0, 0.05) is 12.1 Å². The lowest BCUT2D eigenvalue weighted by Gasteiger charge is -2.19. The Morgan fingerprint density at radius 2 is 1.91 bits per heavy atom. The topological polar surface area (TPSA) is 80.3 Å². The molecule has 1 aliphatic heterocycles. The number of carbonyl (C=O) groups excluding carboxylic acids is 1. The lowest BCUT2D eigenvalue weighted by atomic mass is 10.1. The molecule has 0 fully saturated rings. The van der Waals surface area contributed by atoms with Gasteiger partial charge in [-0.15, -0.1) is 12.4 Å². The van der Waals surface area contributed by atoms with Crippen molar-refractivity contribution in [3.63, 3.8) is 0 Å². The second-order valence-corrected chi connectivity index (χ2v) is 8.66. The first kappa shape index (κ1) is 25.2. The van der Waals surface area contributed by atoms with Gasteiger partial charge in [0.25, 0.3) is 5.91 Å². The highest BCUT2D eigenvalue weighted by molar-refractivity contribution is 6.31. The van der Waals surface area contributed by atoms with Crippen LogP contribution in [0.5, 0.6) is 0 Å². The van der Waals surface area contributed by atoms with E-state index in [0.717, 1.165) is 50.2 Å². The summed E-state index contributed by atoms with van der Waals surface area (Å²) in [6.07, 6.45) is 6.29. The van der Waals surface area contributed by atoms with E-state index >= 15 is 0 Å². The summed E-state index contributed by atoms with van der Waals surface area (Å²) >= 11 is 6.15. The number of amides is 1. The highest BCUT2D eigenvalue weighted by Gasteiger charge is 2.28. The molecule has 4 rings (SSSR count). The van der Waals surface area contributed by atoms with Crippen LogP contribution in [0.3, 0.4) is 0 Å². The highest BCUT2D eigenvalue weighted by Crippen LogP contribution is 2.30. The van der Waals surface area contributed by atoms with E-state index < -0.39 is 0 Å². The number of nitrogens with zero attached hydrogens (tertiary/aromatic N) is 6. The Morgan fingerprint density at radius 1 is 1.18 bits per heavy atom. The summed E-state index contributed by atoms with van der Waals surface area (Å²) in [6.45, 7) is 7.43. The van der Waals surface area contributed by atoms with Crippen molar-refractivity contribution in [2.75, 3.05) is 20.1 Å². The van der Waals surface area contributed by atoms with Crippen LogP contribution in [0, 0.1) is 0 Å². The van der Waals surface area contributed by atoms with Gasteiger partial charge in [-0.3, -0.25) is 14.3 Å². The van der Waals surface area contributed by atoms with Crippen molar-refractivity contribution in [2.24, 2.45) is 0 Å². The summed E-state index contributed by atoms with van der Waals surface area (Å²) in [6, 6.07) is 5.30. The lowest BCUT2D eigenvalue weighted by molar-refractivity contribution is 0.0788. The van der Waals surface area contributed by atoms with Gasteiger partial charge in [0.2, 0.25) is 11.7 Å². The van der Waals surface area contributed by atoms with Gasteiger partial charge in [-0.05, 0) is 44.1 Å². The molecular formula is C23H30Cl2N6O2. The second kappa shape index (κ2) is 11.1. The van der Waals surface area contributed by atoms with Gasteiger partial charge in [-0.1, -0.05) is 43.4 Å². The van der Waals surface area contributed by atoms with Crippen LogP contribution in [0.15, 0.2) is 29.0 Å². The van der Waals surface area contributed by atoms with Crippen LogP contribution in [0.1, 0.15) is 61.5 Å². The fourth-order valence-corrected chi connectivity index (χ4v) is 4.12. The van der Waals surface area contributed by atoms with Crippen LogP contribution in [-0.4, -0.2) is 55.5 Å². The standard InChI is InChI=1S/C23H29ClN6O2.ClH/c1-4-6-10-29(11-7-5-2)14-20-26-22(27-32-20)21-19-13-28(3)23(31)17-12-16(24)8-9-18(17)30(19)15-25-21;/h8-9,12,15H,4-7,10-11,13-14H2,1-3H3;1H. The quantitative estimate of drug-likeness (QED) is 0.418. The molecule has 0 N–H and O–H groups in total. The van der Waals surface area contributed by atoms with Gasteiger partial charge in [0.15, 0.2) is 0 Å². The molecule has 1 aromatic carbocycles. The number of aromatic nitrogens is 4. The third-order valence-corrected chi connectivity index (χ3v) is 5.98. The van der Waals surface area contributed by atoms with Crippen molar-refractivity contribution < 1.29 is 9.32 Å². The van der Waals surface area contributed by atoms with Gasteiger partial charge in [0.1, 0.15) is 12.0 Å². The number of halogens is 2. The van der Waals surface area contributed by atoms with E-state index in [0.29, 0.717) is 41.1 Å². The summed E-state index contributed by atoms with van der Waals surface area (Å²) in [5, 5.41) is 4.73. The first-order chi connectivity index (χ1) is 15.5. The minimum atomic E-state index is -0.0894. The number of hydrogen-bond donors (Lipinski definition) is 0. The van der Waals surface area contributed by atoms with Crippen LogP contribution in [0.2, 0.25) is 5.02 Å². The van der Waals surface area contributed by atoms with Crippen LogP contribution in [-0.2, 0) is 13.1 Å². The van der Waals surface area contributed by atoms with Gasteiger partial charge in [-0.2, -0.15) is 4.98 Å². The molecule has 0 atom stereocenters. The summed E-state index contributed by atoms with van der Waals surface area (Å²) in [5.41, 5.74) is 2.74. The van der Waals surface area contributed by atoms with E-state index in [9.17, 15) is 4.79 Å². The minimum Gasteiger partial charge on any atom is -0.337 e. The van der Waals surface area contributed by atoms with Crippen LogP contribution < -0.4 is 0 Å². The molecule has 3 aromatic rings. The van der Waals surface area contributed by atoms with Crippen molar-refractivity contribution in [3.8, 4) is 17.2 Å². The zero-order chi connectivity index (χ0) is 22.7. The fourth-order valence-electron chi connectivity index (χ4n) is 3.95. The zero-order valence-corrected chi connectivity index (χ0v) is 20.8. The molecule has 0 bridgehead atoms. The third kappa shape index (κ3) is 5.39. The Balaban J connectivity index is 0.00000306. The number of imidazole rings is 1. The molecule has 33 heavy (non-hydrogen) atoms. The number of rotatable bonds is 9. The monoisotopic (exact) mass is 492 g/mol. The Bertz CT molecular complexity index is 1090. The number of benzene rings is 1. The van der Waals surface area contributed by atoms with E-state index in [1.807, 2.05) is 10.6 Å². The second-order valence-electron chi connectivity index (χ2n) is 8.23. The molecular weight excluding hydrogens is 463 g/mol. The molecule has 10 heteroatoms. The molecule has 0 radical (unpaired) electrons. The average Bonchev–Trinajstić information content (AvgIpc) is 3.39. The Labute approximate surface area is 205 Å². The molecule has 0 aliphatic carbocycles. The largest absolute Gasteiger partial charge is 0.337 e. The summed E-state index contributed by atoms with van der Waals surface area (Å²) in [7, 11) is 1.76. The van der Waals surface area contributed by atoms with Crippen molar-refractivity contribution in [3.05, 3.63) is 46.7 Å². The number of carbonyl (C=O) groups is 1. The number of fused-ring (bicyclic) bond motifs is 3. The zero-order valence-electron chi connectivity index (χ0n) is 19.3. The van der Waals surface area contributed by atoms with Crippen molar-refractivity contribution >= 4 is 29.9 Å². The molecule has 178 valence electrons. The maximum atomic E-state index is 12.9. The van der Waals surface area contributed by atoms with E-state index in [4.69, 9.17) is 16.1 Å². The summed E-state index contributed by atoms with van der Waals surface area (Å²) in [4.78, 5) is 26.1. The molecule has 0 saturated heterocycles. The fraction of sp³-hybridized carbons (Fsp3) is 0.478. The minimum absolute atomic E-state index is 0. The van der Waals surface area contributed by atoms with Crippen LogP contribution >= 0.6 is 24.0 Å². The van der Waals surface area contributed by atoms with E-state index in [-0.39, 0.29) is 18.3 Å². The molecule has 0 spiro atoms. The average molecular weight is 493 g/mol. The first-order valence-electron chi connectivity index (χ1n) is 11.2. The SMILES string of the molecule is CCCCN(CCCC)Cc1nc(-c2ncn3c2CN(C)C(=O)c2cc(Cl)ccc2-3)no1.Cl. The van der Waals surface area contributed by atoms with Crippen molar-refractivity contribution in [1.82, 2.24) is 29.5 Å². The number of hydrogen-bond acceptors (Lipinski definition) is 6. The van der Waals surface area contributed by atoms with Gasteiger partial charge < -0.3 is 9.42 Å². The maximum Gasteiger partial charge on any atom is 0.256 e. The van der Waals surface area contributed by atoms with Gasteiger partial charge in [-0.25, -0.2) is 4.98 Å². The number of unbranched alkanes of at least 4 members (excludes halogenated alkanes) is 2. The molecule has 1 amide bonds. The van der Waals surface area contributed by atoms with E-state index in [1.165, 1.54) is 0 Å². The summed E-state index contributed by atoms with van der Waals surface area (Å²) < 4.78 is 7.49. The Hall–Kier alpha value is -2.42. The van der Waals surface area contributed by atoms with Crippen LogP contribution in [0.25, 0.3) is 17.2 Å². The molecule has 1 aliphatic rings. The van der Waals surface area contributed by atoms with Gasteiger partial charge >= 0.3 is 0 Å². The Kier molecular flexibility index (Phi) is 8.51. The molecule has 0 unspecified atom stereocenters. The summed E-state index contributed by atoms with van der Waals surface area (Å²) in [5.74, 6) is 0.936. The smallest absolute Gasteiger partial charge is 0.256 e. The van der Waals surface area contributed by atoms with Crippen molar-refractivity contribution in [1.29, 1.82) is 0 Å². The maximum absolute atomic E-state index is 12.9. The molecule has 3 heterocycles. The lowest BCUT2D eigenvalue weighted by Crippen LogP contribution is -2.25. The Morgan fingerprint density at radius 3 is 2.61 bits per heavy atom. The molecule has 8 nitrogen and oxygen atoms in total. The van der Waals surface area contributed by atoms with Crippen LogP contribution in [0.4, 0.5) is 0 Å². The highest BCUT2D eigenvalue weighted by atomic mass is 35.5. The predicted octanol–water partition coefficient (Wildman–Crippen LogP) is 4.99. The molecule has 0 saturated carbocycles. The van der Waals surface area contributed by atoms with E-state index in [1.54, 1.807) is 30.4 Å². The van der Waals surface area contributed by atoms with Gasteiger partial charge in [0.05, 0.1) is 30.0 Å².